The van der Waals surface area contributed by atoms with Crippen molar-refractivity contribution in [2.45, 2.75) is 197 Å². The Hall–Kier alpha value is -8.15. The van der Waals surface area contributed by atoms with E-state index in [1.165, 1.54) is 42.1 Å². The fourth-order valence-corrected chi connectivity index (χ4v) is 11.2. The zero-order valence-corrected chi connectivity index (χ0v) is 61.1. The standard InChI is InChI=1S/C20H28N.C19H26N.3C18H24N/c1-14-8-9-18(15(2)10-14)19-11-17(12-20(4,5)6)16(3)13-21(19)7;1-14-7-8-17(15(2)11-14)18-12-16(9-10-20(18)6)13-19(3,4)5;1-12(2)17-11-19(6)18(10-15(17)5)16-8-7-13(3)9-14(16)4;1-13(2)10-16-7-9-18(19(5)12-16)17-8-6-14(3)11-15(17)4;1-13(2)10-16-8-9-19(5)18(12-16)17-7-6-14(3)11-15(17)4/h8-11,13H,12H2,1-7H3;7-12H,13H2,1-6H3;7-12H,1-6H3;2*6-9,11-13H,10H2,1-5H3/q5*+1/i1D3,3D3,12D2;1D3,13D2;1D3,2D3,3D3,5D3,12D;2*3D3,10D2. The number of pyridine rings is 5. The van der Waals surface area contributed by atoms with Crippen LogP contribution < -0.4 is 22.8 Å². The third kappa shape index (κ3) is 23.0. The summed E-state index contributed by atoms with van der Waals surface area (Å²) >= 11 is 0. The van der Waals surface area contributed by atoms with Gasteiger partial charge in [-0.25, -0.2) is 22.8 Å². The molecule has 0 aliphatic heterocycles. The van der Waals surface area contributed by atoms with Crippen LogP contribution >= 0.6 is 0 Å². The Balaban J connectivity index is 0.000000259. The lowest BCUT2D eigenvalue weighted by atomic mass is 9.86. The van der Waals surface area contributed by atoms with Crippen LogP contribution in [0.15, 0.2) is 171 Å². The number of rotatable bonds is 12. The van der Waals surface area contributed by atoms with Crippen molar-refractivity contribution in [1.82, 2.24) is 0 Å². The van der Waals surface area contributed by atoms with Gasteiger partial charge in [-0.05, 0) is 223 Å². The SMILES string of the molecule is [2H]C([2H])([2H])c1ccc(-c2cc(C([2H])([2H])C(C)(C)C)c(C([2H])([2H])[2H])c[n+]2C)c(C)c1.[2H]C([2H])([2H])c1ccc(-c2cc(C([2H])([2H])C(C)(C)C)cc[n+]2C)c(C)c1.[2H]C([2H])([2H])c1ccc(-c2cc(C([2H])([2H])C(C)C)cc[n+]2C)c(C)c1.[2H]C([2H])([2H])c1ccc(-c2cc(C([2H])([2H])[2H])c(C([2H])(C([2H])([2H])[2H])C([2H])([2H])[2H])c[n+]2C)c(C)c1.[2H]C([2H])([2H])c1ccc(-c2ccc(C([2H])([2H])C(C)C)c[n+]2C)c(C)c1. The minimum atomic E-state index is -3.34. The average molecular weight is 1350 g/mol. The lowest BCUT2D eigenvalue weighted by molar-refractivity contribution is -0.661. The van der Waals surface area contributed by atoms with Gasteiger partial charge >= 0.3 is 0 Å². The van der Waals surface area contributed by atoms with Crippen LogP contribution in [0.2, 0.25) is 0 Å². The lowest BCUT2D eigenvalue weighted by Crippen LogP contribution is -2.32. The van der Waals surface area contributed by atoms with E-state index in [0.29, 0.717) is 55.9 Å². The number of aromatic nitrogens is 5. The predicted octanol–water partition coefficient (Wildman–Crippen LogP) is 21.3. The molecule has 0 aliphatic carbocycles. The number of hydrogen-bond donors (Lipinski definition) is 0. The highest BCUT2D eigenvalue weighted by molar-refractivity contribution is 5.66. The van der Waals surface area contributed by atoms with Gasteiger partial charge in [0.05, 0.1) is 0 Å². The summed E-state index contributed by atoms with van der Waals surface area (Å²) in [5, 5.41) is 0. The second kappa shape index (κ2) is 34.6. The van der Waals surface area contributed by atoms with Crippen LogP contribution in [0.1, 0.15) is 233 Å². The summed E-state index contributed by atoms with van der Waals surface area (Å²) in [6.07, 6.45) is 1.83. The van der Waals surface area contributed by atoms with Crippen molar-refractivity contribution in [3.8, 4) is 56.3 Å². The molecule has 5 heteroatoms. The van der Waals surface area contributed by atoms with Crippen LogP contribution in [0.3, 0.4) is 0 Å². The topological polar surface area (TPSA) is 19.4 Å². The fraction of sp³-hybridized carbons (Fsp3) is 0.409. The highest BCUT2D eigenvalue weighted by Gasteiger charge is 2.23. The largest absolute Gasteiger partial charge is 0.212 e. The minimum absolute atomic E-state index is 0.0274. The van der Waals surface area contributed by atoms with E-state index in [4.69, 9.17) is 49.3 Å². The number of aryl methyl sites for hydroxylation is 17. The molecular weight excluding hydrogens is 1190 g/mol. The molecule has 10 aromatic rings. The van der Waals surface area contributed by atoms with Crippen molar-refractivity contribution in [2.24, 2.45) is 57.9 Å². The maximum absolute atomic E-state index is 8.67. The number of nitrogens with zero attached hydrogens (tertiary/aromatic N) is 5. The number of hydrogen-bond acceptors (Lipinski definition) is 0. The van der Waals surface area contributed by atoms with Gasteiger partial charge in [0.25, 0.3) is 0 Å². The van der Waals surface area contributed by atoms with Gasteiger partial charge in [0.15, 0.2) is 31.0 Å². The molecule has 0 N–H and O–H groups in total. The summed E-state index contributed by atoms with van der Waals surface area (Å²) in [6, 6.07) is 38.3. The molecule has 0 saturated heterocycles. The van der Waals surface area contributed by atoms with Crippen molar-refractivity contribution < 1.29 is 72.2 Å². The molecule has 10 rings (SSSR count). The maximum Gasteiger partial charge on any atom is 0.212 e. The Morgan fingerprint density at radius 1 is 0.347 bits per heavy atom. The van der Waals surface area contributed by atoms with Crippen LogP contribution in [-0.2, 0) is 60.7 Å². The van der Waals surface area contributed by atoms with E-state index < -0.39 is 115 Å². The Kier molecular flexibility index (Phi) is 14.6. The molecule has 5 nitrogen and oxygen atoms in total. The van der Waals surface area contributed by atoms with E-state index in [1.54, 1.807) is 119 Å². The van der Waals surface area contributed by atoms with Crippen LogP contribution in [-0.4, -0.2) is 0 Å². The summed E-state index contributed by atoms with van der Waals surface area (Å²) in [4.78, 5) is 0. The van der Waals surface area contributed by atoms with Crippen LogP contribution in [0.5, 0.6) is 0 Å². The summed E-state index contributed by atoms with van der Waals surface area (Å²) in [7, 11) is 8.87. The van der Waals surface area contributed by atoms with Gasteiger partial charge < -0.3 is 0 Å². The lowest BCUT2D eigenvalue weighted by Gasteiger charge is -2.19. The van der Waals surface area contributed by atoms with Crippen LogP contribution in [0, 0.1) is 105 Å². The van der Waals surface area contributed by atoms with Gasteiger partial charge in [-0.1, -0.05) is 171 Å². The van der Waals surface area contributed by atoms with E-state index in [2.05, 4.69) is 0 Å². The molecule has 0 amide bonds. The first-order valence-electron chi connectivity index (χ1n) is 50.8. The molecule has 0 unspecified atom stereocenters. The van der Waals surface area contributed by atoms with Gasteiger partial charge in [0.2, 0.25) is 28.5 Å². The first-order chi connectivity index (χ1) is 60.1. The van der Waals surface area contributed by atoms with Gasteiger partial charge in [0, 0.05) is 136 Å². The summed E-state index contributed by atoms with van der Waals surface area (Å²) < 4.78 is 292. The van der Waals surface area contributed by atoms with E-state index in [1.807, 2.05) is 159 Å². The van der Waals surface area contributed by atoms with Gasteiger partial charge in [-0.3, -0.25) is 0 Å². The Morgan fingerprint density at radius 2 is 0.714 bits per heavy atom. The molecule has 0 bridgehead atoms. The van der Waals surface area contributed by atoms with Gasteiger partial charge in [-0.2, -0.15) is 0 Å². The molecule has 0 radical (unpaired) electrons. The molecule has 5 aromatic carbocycles. The zero-order valence-electron chi connectivity index (χ0n) is 97.1. The first kappa shape index (κ1) is 41.4. The second-order valence-electron chi connectivity index (χ2n) is 27.8. The monoisotopic (exact) mass is 1350 g/mol. The van der Waals surface area contributed by atoms with E-state index in [0.717, 1.165) is 73.9 Å². The Morgan fingerprint density at radius 3 is 1.09 bits per heavy atom. The van der Waals surface area contributed by atoms with Crippen molar-refractivity contribution in [3.63, 3.8) is 0 Å². The van der Waals surface area contributed by atoms with Crippen LogP contribution in [0.4, 0.5) is 0 Å². The molecule has 0 spiro atoms. The highest BCUT2D eigenvalue weighted by Crippen LogP contribution is 2.31. The zero-order chi connectivity index (χ0) is 103. The molecule has 0 fully saturated rings. The van der Waals surface area contributed by atoms with E-state index in [9.17, 15) is 0 Å². The molecular formula is C93H126N5+5. The minimum Gasteiger partial charge on any atom is -0.201 e. The first-order valence-corrected chi connectivity index (χ1v) is 32.8. The number of benzene rings is 5. The predicted molar refractivity (Wildman–Crippen MR) is 420 cm³/mol. The smallest absolute Gasteiger partial charge is 0.201 e. The fourth-order valence-electron chi connectivity index (χ4n) is 11.2. The van der Waals surface area contributed by atoms with Crippen molar-refractivity contribution >= 4 is 0 Å². The maximum atomic E-state index is 8.67. The molecule has 5 aromatic heterocycles. The van der Waals surface area contributed by atoms with Crippen molar-refractivity contribution in [2.75, 3.05) is 0 Å². The Labute approximate surface area is 647 Å². The third-order valence-corrected chi connectivity index (χ3v) is 15.7. The molecule has 98 heavy (non-hydrogen) atoms. The Bertz CT molecular complexity index is 5840. The van der Waals surface area contributed by atoms with E-state index in [-0.39, 0.29) is 34.1 Å². The summed E-state index contributed by atoms with van der Waals surface area (Å²) in [5.74, 6) is -3.44. The second-order valence-corrected chi connectivity index (χ2v) is 27.8. The normalized spacial score (nSPS) is 18.6. The van der Waals surface area contributed by atoms with Crippen LogP contribution in [0.25, 0.3) is 56.3 Å². The van der Waals surface area contributed by atoms with Crippen molar-refractivity contribution in [3.05, 3.63) is 265 Å². The third-order valence-electron chi connectivity index (χ3n) is 15.7. The quantitative estimate of drug-likeness (QED) is 0.109. The molecule has 0 saturated carbocycles. The average Bonchev–Trinajstić information content (AvgIpc) is 0.725. The molecule has 0 aliphatic rings. The van der Waals surface area contributed by atoms with Crippen molar-refractivity contribution in [1.29, 1.82) is 0 Å². The highest BCUT2D eigenvalue weighted by atomic mass is 14.9. The van der Waals surface area contributed by atoms with Gasteiger partial charge in [0.1, 0.15) is 35.2 Å². The van der Waals surface area contributed by atoms with Gasteiger partial charge in [-0.15, -0.1) is 0 Å². The van der Waals surface area contributed by atoms with E-state index >= 15 is 0 Å². The summed E-state index contributed by atoms with van der Waals surface area (Å²) in [6.45, 7) is 4.45. The molecule has 5 heterocycles. The molecule has 518 valence electrons. The summed E-state index contributed by atoms with van der Waals surface area (Å²) in [5.41, 5.74) is 12.1. The molecule has 0 atom stereocenters.